The van der Waals surface area contributed by atoms with E-state index in [1.165, 1.54) is 16.3 Å². The molecular weight excluding hydrogens is 326 g/mol. The summed E-state index contributed by atoms with van der Waals surface area (Å²) in [4.78, 5) is 4.69. The number of aromatic nitrogens is 1. The molecule has 2 rings (SSSR count). The van der Waals surface area contributed by atoms with Gasteiger partial charge in [0, 0.05) is 21.2 Å². The fraction of sp³-hybridized carbons (Fsp3) is 0.357. The Morgan fingerprint density at radius 1 is 1.28 bits per heavy atom. The molecule has 0 unspecified atom stereocenters. The van der Waals surface area contributed by atoms with Crippen LogP contribution in [-0.2, 0) is 5.75 Å². The first kappa shape index (κ1) is 14.1. The highest BCUT2D eigenvalue weighted by molar-refractivity contribution is 9.10. The van der Waals surface area contributed by atoms with Crippen molar-refractivity contribution in [3.05, 3.63) is 39.1 Å². The van der Waals surface area contributed by atoms with Crippen LogP contribution in [0, 0.1) is 5.92 Å². The smallest absolute Gasteiger partial charge is 0.103 e. The lowest BCUT2D eigenvalue weighted by molar-refractivity contribution is 0.750. The van der Waals surface area contributed by atoms with E-state index in [-0.39, 0.29) is 0 Å². The first-order valence-electron chi connectivity index (χ1n) is 5.93. The fourth-order valence-corrected chi connectivity index (χ4v) is 3.71. The van der Waals surface area contributed by atoms with Crippen molar-refractivity contribution in [1.29, 1.82) is 0 Å². The number of rotatable bonds is 5. The molecule has 0 aliphatic heterocycles. The number of halogens is 1. The number of thioether (sulfide) groups is 1. The van der Waals surface area contributed by atoms with Crippen LogP contribution in [-0.4, -0.2) is 10.7 Å². The SMILES string of the molecule is CC(C)CSCc1nc(-c2ccc(Br)cc2)cs1. The first-order chi connectivity index (χ1) is 8.65. The highest BCUT2D eigenvalue weighted by Gasteiger charge is 2.05. The van der Waals surface area contributed by atoms with E-state index in [1.54, 1.807) is 11.3 Å². The molecule has 96 valence electrons. The lowest BCUT2D eigenvalue weighted by Gasteiger charge is -2.01. The summed E-state index contributed by atoms with van der Waals surface area (Å²) in [5.74, 6) is 2.98. The summed E-state index contributed by atoms with van der Waals surface area (Å²) in [6.45, 7) is 4.50. The van der Waals surface area contributed by atoms with Crippen molar-refractivity contribution in [2.45, 2.75) is 19.6 Å². The van der Waals surface area contributed by atoms with Gasteiger partial charge < -0.3 is 0 Å². The van der Waals surface area contributed by atoms with Crippen molar-refractivity contribution in [1.82, 2.24) is 4.98 Å². The van der Waals surface area contributed by atoms with Crippen LogP contribution in [0.15, 0.2) is 34.1 Å². The van der Waals surface area contributed by atoms with Gasteiger partial charge in [0.05, 0.1) is 5.69 Å². The predicted octanol–water partition coefficient (Wildman–Crippen LogP) is 5.46. The van der Waals surface area contributed by atoms with E-state index in [4.69, 9.17) is 0 Å². The van der Waals surface area contributed by atoms with Gasteiger partial charge in [-0.25, -0.2) is 4.98 Å². The van der Waals surface area contributed by atoms with Gasteiger partial charge in [-0.05, 0) is 23.8 Å². The highest BCUT2D eigenvalue weighted by atomic mass is 79.9. The molecule has 0 aliphatic carbocycles. The number of hydrogen-bond acceptors (Lipinski definition) is 3. The van der Waals surface area contributed by atoms with Crippen LogP contribution in [0.25, 0.3) is 11.3 Å². The highest BCUT2D eigenvalue weighted by Crippen LogP contribution is 2.26. The molecule has 0 saturated heterocycles. The van der Waals surface area contributed by atoms with Crippen molar-refractivity contribution in [2.75, 3.05) is 5.75 Å². The molecule has 0 fully saturated rings. The maximum atomic E-state index is 4.69. The minimum absolute atomic E-state index is 0.751. The summed E-state index contributed by atoms with van der Waals surface area (Å²) in [7, 11) is 0. The largest absolute Gasteiger partial charge is 0.240 e. The van der Waals surface area contributed by atoms with Crippen LogP contribution >= 0.6 is 39.0 Å². The van der Waals surface area contributed by atoms with Crippen LogP contribution in [0.2, 0.25) is 0 Å². The van der Waals surface area contributed by atoms with Gasteiger partial charge in [0.25, 0.3) is 0 Å². The zero-order valence-electron chi connectivity index (χ0n) is 10.5. The van der Waals surface area contributed by atoms with E-state index in [0.29, 0.717) is 0 Å². The summed E-state index contributed by atoms with van der Waals surface area (Å²) in [6.07, 6.45) is 0. The molecule has 0 spiro atoms. The lowest BCUT2D eigenvalue weighted by atomic mass is 10.2. The second-order valence-electron chi connectivity index (χ2n) is 4.54. The summed E-state index contributed by atoms with van der Waals surface area (Å²) in [5.41, 5.74) is 2.28. The van der Waals surface area contributed by atoms with Gasteiger partial charge in [-0.1, -0.05) is 41.9 Å². The zero-order valence-corrected chi connectivity index (χ0v) is 13.7. The Hall–Kier alpha value is -0.320. The lowest BCUT2D eigenvalue weighted by Crippen LogP contribution is -1.91. The standard InChI is InChI=1S/C14H16BrNS2/c1-10(2)7-17-9-14-16-13(8-18-14)11-3-5-12(15)6-4-11/h3-6,8,10H,7,9H2,1-2H3. The van der Waals surface area contributed by atoms with Gasteiger partial charge in [0.2, 0.25) is 0 Å². The van der Waals surface area contributed by atoms with Crippen molar-refractivity contribution >= 4 is 39.0 Å². The molecule has 1 heterocycles. The molecule has 1 aromatic carbocycles. The Bertz CT molecular complexity index is 491. The predicted molar refractivity (Wildman–Crippen MR) is 86.3 cm³/mol. The normalized spacial score (nSPS) is 11.1. The van der Waals surface area contributed by atoms with Gasteiger partial charge in [0.15, 0.2) is 0 Å². The summed E-state index contributed by atoms with van der Waals surface area (Å²) in [6, 6.07) is 8.32. The van der Waals surface area contributed by atoms with Crippen molar-refractivity contribution in [3.8, 4) is 11.3 Å². The summed E-state index contributed by atoms with van der Waals surface area (Å²) in [5, 5.41) is 3.37. The Balaban J connectivity index is 1.99. The Kier molecular flexibility index (Phi) is 5.27. The van der Waals surface area contributed by atoms with Crippen LogP contribution in [0.1, 0.15) is 18.9 Å². The maximum Gasteiger partial charge on any atom is 0.103 e. The van der Waals surface area contributed by atoms with Crippen LogP contribution in [0.5, 0.6) is 0 Å². The average Bonchev–Trinajstić information content (AvgIpc) is 2.78. The third-order valence-corrected chi connectivity index (χ3v) is 5.31. The van der Waals surface area contributed by atoms with Crippen molar-refractivity contribution in [2.24, 2.45) is 5.92 Å². The van der Waals surface area contributed by atoms with Crippen LogP contribution in [0.4, 0.5) is 0 Å². The van der Waals surface area contributed by atoms with E-state index in [9.17, 15) is 0 Å². The molecule has 0 N–H and O–H groups in total. The molecule has 0 amide bonds. The summed E-state index contributed by atoms with van der Waals surface area (Å²) >= 11 is 7.17. The third-order valence-electron chi connectivity index (χ3n) is 2.37. The van der Waals surface area contributed by atoms with Crippen LogP contribution in [0.3, 0.4) is 0 Å². The molecule has 0 atom stereocenters. The molecule has 1 nitrogen and oxygen atoms in total. The van der Waals surface area contributed by atoms with E-state index < -0.39 is 0 Å². The molecule has 0 saturated carbocycles. The van der Waals surface area contributed by atoms with Crippen molar-refractivity contribution < 1.29 is 0 Å². The molecule has 2 aromatic rings. The van der Waals surface area contributed by atoms with Gasteiger partial charge in [-0.15, -0.1) is 11.3 Å². The molecule has 0 aliphatic rings. The second kappa shape index (κ2) is 6.73. The molecule has 0 radical (unpaired) electrons. The van der Waals surface area contributed by atoms with E-state index in [2.05, 4.69) is 64.4 Å². The minimum atomic E-state index is 0.751. The van der Waals surface area contributed by atoms with Gasteiger partial charge >= 0.3 is 0 Å². The zero-order chi connectivity index (χ0) is 13.0. The number of nitrogens with zero attached hydrogens (tertiary/aromatic N) is 1. The van der Waals surface area contributed by atoms with Gasteiger partial charge in [-0.3, -0.25) is 0 Å². The molecule has 0 bridgehead atoms. The van der Waals surface area contributed by atoms with Crippen LogP contribution < -0.4 is 0 Å². The average molecular weight is 342 g/mol. The first-order valence-corrected chi connectivity index (χ1v) is 8.76. The quantitative estimate of drug-likeness (QED) is 0.715. The molecule has 18 heavy (non-hydrogen) atoms. The number of thiazole rings is 1. The number of benzene rings is 1. The maximum absolute atomic E-state index is 4.69. The van der Waals surface area contributed by atoms with E-state index >= 15 is 0 Å². The second-order valence-corrected chi connectivity index (χ2v) is 7.43. The monoisotopic (exact) mass is 341 g/mol. The molecular formula is C14H16BrNS2. The Morgan fingerprint density at radius 3 is 2.67 bits per heavy atom. The topological polar surface area (TPSA) is 12.9 Å². The summed E-state index contributed by atoms with van der Waals surface area (Å²) < 4.78 is 1.11. The molecule has 1 aromatic heterocycles. The van der Waals surface area contributed by atoms with E-state index in [1.807, 2.05) is 11.8 Å². The third kappa shape index (κ3) is 4.11. The van der Waals surface area contributed by atoms with Crippen molar-refractivity contribution in [3.63, 3.8) is 0 Å². The Morgan fingerprint density at radius 2 is 2.00 bits per heavy atom. The number of hydrogen-bond donors (Lipinski definition) is 0. The molecule has 4 heteroatoms. The van der Waals surface area contributed by atoms with Gasteiger partial charge in [0.1, 0.15) is 5.01 Å². The minimum Gasteiger partial charge on any atom is -0.240 e. The van der Waals surface area contributed by atoms with E-state index in [0.717, 1.165) is 21.8 Å². The Labute approximate surface area is 125 Å². The van der Waals surface area contributed by atoms with Gasteiger partial charge in [-0.2, -0.15) is 11.8 Å². The fourth-order valence-electron chi connectivity index (χ4n) is 1.51.